The highest BCUT2D eigenvalue weighted by atomic mass is 16.6. The zero-order valence-corrected chi connectivity index (χ0v) is 53.1. The number of carbonyl (C=O) groups excluding carboxylic acids is 3. The standard InChI is InChI=1S/C74H130O6/c1-4-7-10-13-16-19-22-24-26-28-29-30-31-32-33-34-35-36-37-38-39-40-41-42-43-44-45-47-48-50-52-55-58-61-64-67-73(76)79-70-71(69-78-72(75)66-63-60-57-54-21-18-15-12-9-6-3)80-74(77)68-65-62-59-56-53-51-49-46-27-25-23-20-17-14-11-8-5-2/h7-8,10-11,16-17,19-20,24-27,29-30,71H,4-6,9,12-15,18,21-23,28,31-70H2,1-3H3/b10-7-,11-8-,19-16-,20-17-,26-24-,27-25-,30-29-. The van der Waals surface area contributed by atoms with Crippen molar-refractivity contribution in [3.05, 3.63) is 85.1 Å². The first-order valence-corrected chi connectivity index (χ1v) is 34.6. The Hall–Kier alpha value is -3.41. The van der Waals surface area contributed by atoms with Gasteiger partial charge in [-0.1, -0.05) is 324 Å². The normalized spacial score (nSPS) is 12.6. The molecule has 462 valence electrons. The van der Waals surface area contributed by atoms with Crippen LogP contribution in [0.3, 0.4) is 0 Å². The minimum absolute atomic E-state index is 0.0749. The monoisotopic (exact) mass is 1110 g/mol. The van der Waals surface area contributed by atoms with Crippen LogP contribution in [0.1, 0.15) is 348 Å². The zero-order chi connectivity index (χ0) is 57.8. The van der Waals surface area contributed by atoms with Crippen LogP contribution >= 0.6 is 0 Å². The van der Waals surface area contributed by atoms with Crippen molar-refractivity contribution in [3.8, 4) is 0 Å². The molecule has 0 saturated carbocycles. The Bertz CT molecular complexity index is 1520. The van der Waals surface area contributed by atoms with E-state index in [1.54, 1.807) is 0 Å². The van der Waals surface area contributed by atoms with E-state index in [0.717, 1.165) is 109 Å². The first-order chi connectivity index (χ1) is 39.5. The van der Waals surface area contributed by atoms with Gasteiger partial charge in [0, 0.05) is 19.3 Å². The topological polar surface area (TPSA) is 78.9 Å². The molecule has 0 radical (unpaired) electrons. The lowest BCUT2D eigenvalue weighted by molar-refractivity contribution is -0.167. The molecule has 80 heavy (non-hydrogen) atoms. The van der Waals surface area contributed by atoms with Crippen molar-refractivity contribution in [1.29, 1.82) is 0 Å². The quantitative estimate of drug-likeness (QED) is 0.0261. The summed E-state index contributed by atoms with van der Waals surface area (Å²) in [5, 5.41) is 0. The van der Waals surface area contributed by atoms with Gasteiger partial charge in [-0.15, -0.1) is 0 Å². The van der Waals surface area contributed by atoms with Gasteiger partial charge in [-0.25, -0.2) is 0 Å². The fraction of sp³-hybridized carbons (Fsp3) is 0.770. The molecule has 0 aromatic heterocycles. The molecular weight excluding hydrogens is 985 g/mol. The van der Waals surface area contributed by atoms with Gasteiger partial charge in [0.2, 0.25) is 0 Å². The minimum atomic E-state index is -0.778. The summed E-state index contributed by atoms with van der Waals surface area (Å²) in [6.45, 7) is 6.44. The SMILES string of the molecule is CC/C=C\C/C=C\C/C=C\C/C=C\CCCCCCCCCCCCCCCCCCCCCCCCC(=O)OCC(COC(=O)CCCCCCCCCCCC)OC(=O)CCCCCCCCC/C=C\C/C=C\C/C=C\CC. The number of esters is 3. The Labute approximate surface area is 496 Å². The summed E-state index contributed by atoms with van der Waals surface area (Å²) in [5.41, 5.74) is 0. The van der Waals surface area contributed by atoms with Crippen LogP contribution in [-0.2, 0) is 28.6 Å². The summed E-state index contributed by atoms with van der Waals surface area (Å²) in [6, 6.07) is 0. The number of unbranched alkanes of at least 4 members (excludes halogenated alkanes) is 38. The maximum absolute atomic E-state index is 12.9. The molecule has 0 aliphatic rings. The second-order valence-electron chi connectivity index (χ2n) is 23.0. The predicted molar refractivity (Wildman–Crippen MR) is 348 cm³/mol. The molecule has 1 atom stereocenters. The largest absolute Gasteiger partial charge is 0.462 e. The van der Waals surface area contributed by atoms with Crippen LogP contribution < -0.4 is 0 Å². The van der Waals surface area contributed by atoms with Gasteiger partial charge in [0.15, 0.2) is 6.10 Å². The average molecular weight is 1120 g/mol. The molecule has 0 aromatic rings. The van der Waals surface area contributed by atoms with Crippen LogP contribution in [-0.4, -0.2) is 37.2 Å². The number of hydrogen-bond acceptors (Lipinski definition) is 6. The lowest BCUT2D eigenvalue weighted by atomic mass is 10.0. The van der Waals surface area contributed by atoms with Crippen molar-refractivity contribution in [2.45, 2.75) is 354 Å². The molecule has 0 heterocycles. The summed E-state index contributed by atoms with van der Waals surface area (Å²) in [5.74, 6) is -0.868. The van der Waals surface area contributed by atoms with Crippen LogP contribution in [0.4, 0.5) is 0 Å². The Balaban J connectivity index is 4.05. The molecule has 0 saturated heterocycles. The Morgan fingerprint density at radius 1 is 0.263 bits per heavy atom. The fourth-order valence-corrected chi connectivity index (χ4v) is 10.0. The van der Waals surface area contributed by atoms with E-state index in [1.807, 2.05) is 0 Å². The third-order valence-electron chi connectivity index (χ3n) is 15.1. The average Bonchev–Trinajstić information content (AvgIpc) is 3.46. The van der Waals surface area contributed by atoms with Crippen molar-refractivity contribution >= 4 is 17.9 Å². The van der Waals surface area contributed by atoms with Crippen LogP contribution in [0, 0.1) is 0 Å². The van der Waals surface area contributed by atoms with Crippen LogP contribution in [0.5, 0.6) is 0 Å². The molecular formula is C74H130O6. The Morgan fingerprint density at radius 2 is 0.487 bits per heavy atom. The highest BCUT2D eigenvalue weighted by molar-refractivity contribution is 5.71. The summed E-state index contributed by atoms with van der Waals surface area (Å²) in [4.78, 5) is 38.2. The fourth-order valence-electron chi connectivity index (χ4n) is 10.0. The van der Waals surface area contributed by atoms with Crippen molar-refractivity contribution < 1.29 is 28.6 Å². The van der Waals surface area contributed by atoms with E-state index in [4.69, 9.17) is 14.2 Å². The van der Waals surface area contributed by atoms with E-state index in [1.165, 1.54) is 199 Å². The van der Waals surface area contributed by atoms with Crippen LogP contribution in [0.15, 0.2) is 85.1 Å². The van der Waals surface area contributed by atoms with Crippen molar-refractivity contribution in [3.63, 3.8) is 0 Å². The smallest absolute Gasteiger partial charge is 0.306 e. The Kier molecular flexibility index (Phi) is 65.2. The second kappa shape index (κ2) is 68.1. The summed E-state index contributed by atoms with van der Waals surface area (Å²) in [6.07, 6.45) is 90.6. The number of carbonyl (C=O) groups is 3. The van der Waals surface area contributed by atoms with Gasteiger partial charge in [0.25, 0.3) is 0 Å². The predicted octanol–water partition coefficient (Wildman–Crippen LogP) is 23.8. The van der Waals surface area contributed by atoms with Gasteiger partial charge in [0.1, 0.15) is 13.2 Å². The molecule has 0 spiro atoms. The van der Waals surface area contributed by atoms with E-state index in [2.05, 4.69) is 106 Å². The third kappa shape index (κ3) is 65.4. The van der Waals surface area contributed by atoms with Crippen molar-refractivity contribution in [2.24, 2.45) is 0 Å². The van der Waals surface area contributed by atoms with E-state index in [-0.39, 0.29) is 31.1 Å². The highest BCUT2D eigenvalue weighted by Gasteiger charge is 2.19. The third-order valence-corrected chi connectivity index (χ3v) is 15.1. The number of hydrogen-bond donors (Lipinski definition) is 0. The molecule has 0 amide bonds. The van der Waals surface area contributed by atoms with Gasteiger partial charge in [-0.2, -0.15) is 0 Å². The molecule has 0 aromatic carbocycles. The molecule has 0 aliphatic heterocycles. The molecule has 0 rings (SSSR count). The molecule has 0 aliphatic carbocycles. The van der Waals surface area contributed by atoms with E-state index in [9.17, 15) is 14.4 Å². The number of ether oxygens (including phenoxy) is 3. The van der Waals surface area contributed by atoms with Gasteiger partial charge in [0.05, 0.1) is 0 Å². The molecule has 0 fully saturated rings. The van der Waals surface area contributed by atoms with Gasteiger partial charge in [-0.3, -0.25) is 14.4 Å². The lowest BCUT2D eigenvalue weighted by Crippen LogP contribution is -2.30. The van der Waals surface area contributed by atoms with Crippen LogP contribution in [0.25, 0.3) is 0 Å². The minimum Gasteiger partial charge on any atom is -0.462 e. The molecule has 1 unspecified atom stereocenters. The van der Waals surface area contributed by atoms with Gasteiger partial charge in [-0.05, 0) is 89.9 Å². The van der Waals surface area contributed by atoms with Crippen LogP contribution in [0.2, 0.25) is 0 Å². The van der Waals surface area contributed by atoms with Gasteiger partial charge >= 0.3 is 17.9 Å². The van der Waals surface area contributed by atoms with E-state index < -0.39 is 6.10 Å². The number of rotatable bonds is 63. The first kappa shape index (κ1) is 76.6. The maximum atomic E-state index is 12.9. The summed E-state index contributed by atoms with van der Waals surface area (Å²) in [7, 11) is 0. The van der Waals surface area contributed by atoms with E-state index >= 15 is 0 Å². The maximum Gasteiger partial charge on any atom is 0.306 e. The number of allylic oxidation sites excluding steroid dienone is 14. The molecule has 0 N–H and O–H groups in total. The van der Waals surface area contributed by atoms with Crippen molar-refractivity contribution in [2.75, 3.05) is 13.2 Å². The Morgan fingerprint density at radius 3 is 0.762 bits per heavy atom. The first-order valence-electron chi connectivity index (χ1n) is 34.6. The summed E-state index contributed by atoms with van der Waals surface area (Å²) < 4.78 is 16.9. The molecule has 6 nitrogen and oxygen atoms in total. The van der Waals surface area contributed by atoms with Crippen molar-refractivity contribution in [1.82, 2.24) is 0 Å². The molecule has 0 bridgehead atoms. The van der Waals surface area contributed by atoms with E-state index in [0.29, 0.717) is 19.3 Å². The molecule has 6 heteroatoms. The zero-order valence-electron chi connectivity index (χ0n) is 53.1. The lowest BCUT2D eigenvalue weighted by Gasteiger charge is -2.18. The summed E-state index contributed by atoms with van der Waals surface area (Å²) >= 11 is 0. The highest BCUT2D eigenvalue weighted by Crippen LogP contribution is 2.18. The van der Waals surface area contributed by atoms with Gasteiger partial charge < -0.3 is 14.2 Å². The second-order valence-corrected chi connectivity index (χ2v) is 23.0.